The highest BCUT2D eigenvalue weighted by Crippen LogP contribution is 2.27. The van der Waals surface area contributed by atoms with Gasteiger partial charge in [0.25, 0.3) is 5.91 Å². The molecule has 0 radical (unpaired) electrons. The van der Waals surface area contributed by atoms with Gasteiger partial charge in [0.05, 0.1) is 12.6 Å². The Morgan fingerprint density at radius 3 is 3.04 bits per heavy atom. The summed E-state index contributed by atoms with van der Waals surface area (Å²) in [5, 5.41) is 10.4. The fourth-order valence-corrected chi connectivity index (χ4v) is 3.21. The number of carbonyl (C=O) groups is 1. The van der Waals surface area contributed by atoms with Crippen LogP contribution in [-0.4, -0.2) is 38.1 Å². The number of aliphatic hydroxyl groups is 1. The quantitative estimate of drug-likeness (QED) is 0.940. The van der Waals surface area contributed by atoms with Crippen molar-refractivity contribution in [2.75, 3.05) is 6.54 Å². The van der Waals surface area contributed by atoms with Crippen LogP contribution in [0.5, 0.6) is 0 Å². The fourth-order valence-electron chi connectivity index (χ4n) is 3.21. The van der Waals surface area contributed by atoms with Crippen LogP contribution in [-0.2, 0) is 7.05 Å². The molecule has 1 aliphatic heterocycles. The van der Waals surface area contributed by atoms with E-state index in [0.717, 1.165) is 25.7 Å². The predicted octanol–water partition coefficient (Wildman–Crippen LogP) is 2.52. The third-order valence-electron chi connectivity index (χ3n) is 4.43. The molecule has 3 rings (SSSR count). The van der Waals surface area contributed by atoms with Crippen molar-refractivity contribution < 1.29 is 14.3 Å². The molecule has 6 heteroatoms. The number of hydrogen-bond acceptors (Lipinski definition) is 4. The second kappa shape index (κ2) is 7.00. The number of aliphatic hydroxyl groups excluding tert-OH is 1. The lowest BCUT2D eigenvalue weighted by molar-refractivity contribution is 0.0552. The van der Waals surface area contributed by atoms with Crippen molar-refractivity contribution in [1.82, 2.24) is 14.5 Å². The van der Waals surface area contributed by atoms with E-state index in [1.54, 1.807) is 35.5 Å². The highest BCUT2D eigenvalue weighted by atomic mass is 16.4. The van der Waals surface area contributed by atoms with Crippen molar-refractivity contribution in [1.29, 1.82) is 0 Å². The summed E-state index contributed by atoms with van der Waals surface area (Å²) in [6.45, 7) is 0.713. The van der Waals surface area contributed by atoms with Crippen molar-refractivity contribution in [2.45, 2.75) is 44.2 Å². The van der Waals surface area contributed by atoms with E-state index in [4.69, 9.17) is 4.42 Å². The molecule has 2 atom stereocenters. The van der Waals surface area contributed by atoms with E-state index >= 15 is 0 Å². The smallest absolute Gasteiger partial charge is 0.274 e. The lowest BCUT2D eigenvalue weighted by Crippen LogP contribution is -2.41. The molecule has 0 aliphatic carbocycles. The minimum Gasteiger partial charge on any atom is -0.467 e. The summed E-state index contributed by atoms with van der Waals surface area (Å²) in [5.41, 5.74) is 0.465. The van der Waals surface area contributed by atoms with Crippen LogP contribution in [0.2, 0.25) is 0 Å². The van der Waals surface area contributed by atoms with Crippen molar-refractivity contribution in [3.63, 3.8) is 0 Å². The first-order valence-corrected chi connectivity index (χ1v) is 8.15. The first-order chi connectivity index (χ1) is 11.1. The maximum Gasteiger partial charge on any atom is 0.274 e. The van der Waals surface area contributed by atoms with Crippen LogP contribution in [0.25, 0.3) is 0 Å². The number of likely N-dealkylation sites (tertiary alicyclic amines) is 1. The number of rotatable bonds is 4. The highest BCUT2D eigenvalue weighted by molar-refractivity contribution is 5.92. The number of nitrogens with zero attached hydrogens (tertiary/aromatic N) is 3. The molecule has 1 aliphatic rings. The maximum atomic E-state index is 12.8. The molecule has 1 fully saturated rings. The summed E-state index contributed by atoms with van der Waals surface area (Å²) >= 11 is 0. The number of aryl methyl sites for hydroxylation is 1. The molecule has 0 unspecified atom stereocenters. The van der Waals surface area contributed by atoms with Gasteiger partial charge in [-0.2, -0.15) is 0 Å². The molecular formula is C17H23N3O3. The van der Waals surface area contributed by atoms with Crippen LogP contribution >= 0.6 is 0 Å². The van der Waals surface area contributed by atoms with Crippen molar-refractivity contribution in [2.24, 2.45) is 7.05 Å². The Bertz CT molecular complexity index is 635. The van der Waals surface area contributed by atoms with E-state index in [1.807, 2.05) is 11.9 Å². The SMILES string of the molecule is Cn1cnc(C(=O)N2CCCCC[C@H]2C[C@@H](O)c2ccco2)c1. The Kier molecular flexibility index (Phi) is 4.81. The van der Waals surface area contributed by atoms with Crippen molar-refractivity contribution in [3.8, 4) is 0 Å². The van der Waals surface area contributed by atoms with Gasteiger partial charge in [-0.25, -0.2) is 4.98 Å². The number of carbonyl (C=O) groups excluding carboxylic acids is 1. The molecule has 0 aromatic carbocycles. The lowest BCUT2D eigenvalue weighted by Gasteiger charge is -2.30. The van der Waals surface area contributed by atoms with E-state index in [9.17, 15) is 9.90 Å². The fraction of sp³-hybridized carbons (Fsp3) is 0.529. The molecule has 0 spiro atoms. The summed E-state index contributed by atoms with van der Waals surface area (Å²) in [7, 11) is 1.85. The first-order valence-electron chi connectivity index (χ1n) is 8.15. The zero-order chi connectivity index (χ0) is 16.2. The number of amides is 1. The molecule has 124 valence electrons. The van der Waals surface area contributed by atoms with Crippen LogP contribution in [0.4, 0.5) is 0 Å². The van der Waals surface area contributed by atoms with E-state index in [1.165, 1.54) is 0 Å². The molecule has 1 N–H and O–H groups in total. The molecule has 6 nitrogen and oxygen atoms in total. The summed E-state index contributed by atoms with van der Waals surface area (Å²) < 4.78 is 7.06. The normalized spacial score (nSPS) is 20.3. The van der Waals surface area contributed by atoms with Crippen LogP contribution < -0.4 is 0 Å². The monoisotopic (exact) mass is 317 g/mol. The van der Waals surface area contributed by atoms with Crippen LogP contribution in [0.3, 0.4) is 0 Å². The average molecular weight is 317 g/mol. The zero-order valence-corrected chi connectivity index (χ0v) is 13.4. The van der Waals surface area contributed by atoms with E-state index in [-0.39, 0.29) is 11.9 Å². The maximum absolute atomic E-state index is 12.8. The molecule has 2 aromatic rings. The van der Waals surface area contributed by atoms with Gasteiger partial charge in [-0.05, 0) is 25.0 Å². The van der Waals surface area contributed by atoms with Crippen LogP contribution in [0.1, 0.15) is 54.5 Å². The molecule has 2 aromatic heterocycles. The van der Waals surface area contributed by atoms with Gasteiger partial charge in [-0.3, -0.25) is 4.79 Å². The number of aromatic nitrogens is 2. The summed E-state index contributed by atoms with van der Waals surface area (Å²) in [5.74, 6) is 0.503. The van der Waals surface area contributed by atoms with Crippen LogP contribution in [0.15, 0.2) is 35.3 Å². The third kappa shape index (κ3) is 3.64. The van der Waals surface area contributed by atoms with Crippen LogP contribution in [0, 0.1) is 0 Å². The Balaban J connectivity index is 1.75. The Hall–Kier alpha value is -2.08. The van der Waals surface area contributed by atoms with Gasteiger partial charge in [-0.15, -0.1) is 0 Å². The van der Waals surface area contributed by atoms with Crippen molar-refractivity contribution in [3.05, 3.63) is 42.4 Å². The number of hydrogen-bond donors (Lipinski definition) is 1. The zero-order valence-electron chi connectivity index (χ0n) is 13.4. The van der Waals surface area contributed by atoms with Gasteiger partial charge in [-0.1, -0.05) is 12.8 Å². The van der Waals surface area contributed by atoms with E-state index < -0.39 is 6.10 Å². The Morgan fingerprint density at radius 1 is 1.48 bits per heavy atom. The van der Waals surface area contributed by atoms with Gasteiger partial charge >= 0.3 is 0 Å². The molecule has 23 heavy (non-hydrogen) atoms. The minimum atomic E-state index is -0.688. The Morgan fingerprint density at radius 2 is 2.35 bits per heavy atom. The largest absolute Gasteiger partial charge is 0.467 e. The van der Waals surface area contributed by atoms with Gasteiger partial charge in [0.15, 0.2) is 0 Å². The second-order valence-electron chi connectivity index (χ2n) is 6.19. The highest BCUT2D eigenvalue weighted by Gasteiger charge is 2.30. The molecule has 1 amide bonds. The molecule has 0 saturated carbocycles. The summed E-state index contributed by atoms with van der Waals surface area (Å²) in [6.07, 6.45) is 8.81. The minimum absolute atomic E-state index is 0.00658. The van der Waals surface area contributed by atoms with Gasteiger partial charge in [0.2, 0.25) is 0 Å². The topological polar surface area (TPSA) is 71.5 Å². The lowest BCUT2D eigenvalue weighted by atomic mass is 10.0. The molecule has 1 saturated heterocycles. The molecular weight excluding hydrogens is 294 g/mol. The van der Waals surface area contributed by atoms with Crippen molar-refractivity contribution >= 4 is 5.91 Å². The van der Waals surface area contributed by atoms with Gasteiger partial charge in [0, 0.05) is 32.3 Å². The third-order valence-corrected chi connectivity index (χ3v) is 4.43. The average Bonchev–Trinajstić information content (AvgIpc) is 3.16. The molecule has 0 bridgehead atoms. The van der Waals surface area contributed by atoms with Gasteiger partial charge < -0.3 is 19.0 Å². The van der Waals surface area contributed by atoms with E-state index in [2.05, 4.69) is 4.98 Å². The summed E-state index contributed by atoms with van der Waals surface area (Å²) in [6, 6.07) is 3.54. The second-order valence-corrected chi connectivity index (χ2v) is 6.19. The standard InChI is InChI=1S/C17H23N3O3/c1-19-11-14(18-12-19)17(22)20-8-4-2-3-6-13(20)10-15(21)16-7-5-9-23-16/h5,7,9,11-13,15,21H,2-4,6,8,10H2,1H3/t13-,15+/m0/s1. The summed E-state index contributed by atoms with van der Waals surface area (Å²) in [4.78, 5) is 18.8. The van der Waals surface area contributed by atoms with E-state index in [0.29, 0.717) is 24.4 Å². The number of furan rings is 1. The van der Waals surface area contributed by atoms with Gasteiger partial charge in [0.1, 0.15) is 17.6 Å². The number of imidazole rings is 1. The predicted molar refractivity (Wildman–Crippen MR) is 84.8 cm³/mol. The molecule has 3 heterocycles. The first kappa shape index (κ1) is 15.8. The Labute approximate surface area is 135 Å².